The van der Waals surface area contributed by atoms with Crippen LogP contribution in [0.1, 0.15) is 5.69 Å². The van der Waals surface area contributed by atoms with E-state index in [1.165, 1.54) is 18.0 Å². The van der Waals surface area contributed by atoms with Crippen LogP contribution >= 0.6 is 11.8 Å². The predicted molar refractivity (Wildman–Crippen MR) is 120 cm³/mol. The van der Waals surface area contributed by atoms with Gasteiger partial charge in [0.1, 0.15) is 12.4 Å². The lowest BCUT2D eigenvalue weighted by Gasteiger charge is -2.34. The Morgan fingerprint density at radius 2 is 1.94 bits per heavy atom. The fraction of sp³-hybridized carbons (Fsp3) is 0.227. The minimum atomic E-state index is 0.0186. The van der Waals surface area contributed by atoms with Crippen molar-refractivity contribution in [3.63, 3.8) is 0 Å². The Morgan fingerprint density at radius 1 is 1.12 bits per heavy atom. The number of oxazole rings is 1. The van der Waals surface area contributed by atoms with Crippen molar-refractivity contribution in [3.05, 3.63) is 60.7 Å². The van der Waals surface area contributed by atoms with Gasteiger partial charge in [0.05, 0.1) is 17.7 Å². The van der Waals surface area contributed by atoms with Crippen LogP contribution in [-0.4, -0.2) is 62.5 Å². The molecule has 166 valence electrons. The van der Waals surface area contributed by atoms with Gasteiger partial charge in [0.2, 0.25) is 22.6 Å². The van der Waals surface area contributed by atoms with Gasteiger partial charge in [-0.15, -0.1) is 5.10 Å². The van der Waals surface area contributed by atoms with E-state index in [9.17, 15) is 10.1 Å². The number of carbonyl (C=O) groups is 1. The molecule has 0 spiro atoms. The lowest BCUT2D eigenvalue weighted by molar-refractivity contribution is -0.128. The number of hydrogen-bond donors (Lipinski definition) is 0. The number of nitriles is 1. The van der Waals surface area contributed by atoms with Gasteiger partial charge in [-0.3, -0.25) is 4.79 Å². The zero-order valence-corrected chi connectivity index (χ0v) is 18.3. The molecule has 4 heterocycles. The van der Waals surface area contributed by atoms with Crippen LogP contribution in [0.4, 0.5) is 5.88 Å². The first-order valence-corrected chi connectivity index (χ1v) is 11.3. The Labute approximate surface area is 193 Å². The molecule has 0 N–H and O–H groups in total. The van der Waals surface area contributed by atoms with Gasteiger partial charge in [-0.1, -0.05) is 30.0 Å². The number of piperazine rings is 1. The Kier molecular flexibility index (Phi) is 5.82. The second-order valence-corrected chi connectivity index (χ2v) is 8.17. The summed E-state index contributed by atoms with van der Waals surface area (Å²) >= 11 is 1.31. The zero-order chi connectivity index (χ0) is 22.6. The molecule has 0 unspecified atom stereocenters. The highest BCUT2D eigenvalue weighted by Gasteiger charge is 2.27. The molecule has 1 aliphatic rings. The number of hydrogen-bond acceptors (Lipinski definition) is 9. The van der Waals surface area contributed by atoms with E-state index in [0.29, 0.717) is 43.0 Å². The van der Waals surface area contributed by atoms with Crippen LogP contribution in [0.15, 0.2) is 69.0 Å². The number of benzene rings is 1. The number of para-hydroxylation sites is 1. The van der Waals surface area contributed by atoms with Crippen LogP contribution in [0.2, 0.25) is 0 Å². The Bertz CT molecular complexity index is 1270. The van der Waals surface area contributed by atoms with E-state index in [4.69, 9.17) is 8.83 Å². The number of thioether (sulfide) groups is 1. The van der Waals surface area contributed by atoms with E-state index < -0.39 is 0 Å². The van der Waals surface area contributed by atoms with Crippen LogP contribution in [0, 0.1) is 11.3 Å². The molecule has 0 bridgehead atoms. The Morgan fingerprint density at radius 3 is 2.67 bits per heavy atom. The third kappa shape index (κ3) is 4.47. The summed E-state index contributed by atoms with van der Waals surface area (Å²) in [6.45, 7) is 2.12. The molecule has 1 saturated heterocycles. The molecule has 11 heteroatoms. The van der Waals surface area contributed by atoms with Gasteiger partial charge in [0, 0.05) is 26.2 Å². The molecule has 33 heavy (non-hydrogen) atoms. The average Bonchev–Trinajstić information content (AvgIpc) is 3.63. The lowest BCUT2D eigenvalue weighted by atomic mass is 10.3. The van der Waals surface area contributed by atoms with Gasteiger partial charge < -0.3 is 18.6 Å². The summed E-state index contributed by atoms with van der Waals surface area (Å²) in [7, 11) is 0. The minimum Gasteiger partial charge on any atom is -0.459 e. The van der Waals surface area contributed by atoms with Crippen LogP contribution in [0.3, 0.4) is 0 Å². The molecule has 3 aromatic heterocycles. The molecule has 0 saturated carbocycles. The smallest absolute Gasteiger partial charge is 0.266 e. The number of aromatic nitrogens is 4. The fourth-order valence-corrected chi connectivity index (χ4v) is 4.20. The van der Waals surface area contributed by atoms with Gasteiger partial charge in [-0.05, 0) is 24.3 Å². The van der Waals surface area contributed by atoms with Crippen LogP contribution in [-0.2, 0) is 4.79 Å². The second-order valence-electron chi connectivity index (χ2n) is 7.23. The molecule has 0 radical (unpaired) electrons. The van der Waals surface area contributed by atoms with Gasteiger partial charge in [-0.25, -0.2) is 9.67 Å². The fourth-order valence-electron chi connectivity index (χ4n) is 3.50. The highest BCUT2D eigenvalue weighted by atomic mass is 32.2. The lowest BCUT2D eigenvalue weighted by Crippen LogP contribution is -2.49. The number of carbonyl (C=O) groups excluding carboxylic acids is 1. The quantitative estimate of drug-likeness (QED) is 0.399. The summed E-state index contributed by atoms with van der Waals surface area (Å²) in [5, 5.41) is 14.4. The maximum atomic E-state index is 12.7. The number of rotatable bonds is 6. The van der Waals surface area contributed by atoms with E-state index in [1.54, 1.807) is 28.0 Å². The first-order chi connectivity index (χ1) is 16.2. The van der Waals surface area contributed by atoms with Crippen molar-refractivity contribution in [1.82, 2.24) is 24.6 Å². The highest BCUT2D eigenvalue weighted by molar-refractivity contribution is 7.99. The Balaban J connectivity index is 1.16. The molecule has 4 aromatic rings. The standard InChI is InChI=1S/C22H19N7O3S/c23-13-17-21(32-20(25-17)18-7-4-12-31-18)28-10-8-27(9-11-28)19(30)14-33-22-24-15-29(26-22)16-5-2-1-3-6-16/h1-7,12,15H,8-11,14H2. The maximum absolute atomic E-state index is 12.7. The average molecular weight is 462 g/mol. The number of anilines is 1. The monoisotopic (exact) mass is 461 g/mol. The summed E-state index contributed by atoms with van der Waals surface area (Å²) in [5.41, 5.74) is 1.12. The third-order valence-electron chi connectivity index (χ3n) is 5.18. The molecule has 5 rings (SSSR count). The van der Waals surface area contributed by atoms with E-state index >= 15 is 0 Å². The normalized spacial score (nSPS) is 13.8. The molecule has 0 atom stereocenters. The molecule has 1 amide bonds. The molecule has 10 nitrogen and oxygen atoms in total. The van der Waals surface area contributed by atoms with E-state index in [2.05, 4.69) is 21.1 Å². The maximum Gasteiger partial charge on any atom is 0.266 e. The summed E-state index contributed by atoms with van der Waals surface area (Å²) in [6.07, 6.45) is 3.16. The predicted octanol–water partition coefficient (Wildman–Crippen LogP) is 2.83. The summed E-state index contributed by atoms with van der Waals surface area (Å²) in [5.74, 6) is 1.41. The number of nitrogens with zero attached hydrogens (tertiary/aromatic N) is 7. The number of amides is 1. The van der Waals surface area contributed by atoms with Crippen molar-refractivity contribution in [2.75, 3.05) is 36.8 Å². The molecule has 1 fully saturated rings. The van der Waals surface area contributed by atoms with Crippen molar-refractivity contribution in [2.24, 2.45) is 0 Å². The molecular weight excluding hydrogens is 442 g/mol. The minimum absolute atomic E-state index is 0.0186. The van der Waals surface area contributed by atoms with Crippen LogP contribution in [0.25, 0.3) is 17.3 Å². The molecule has 0 aliphatic carbocycles. The van der Waals surface area contributed by atoms with Gasteiger partial charge >= 0.3 is 0 Å². The highest BCUT2D eigenvalue weighted by Crippen LogP contribution is 2.29. The van der Waals surface area contributed by atoms with Gasteiger partial charge in [0.25, 0.3) is 5.89 Å². The van der Waals surface area contributed by atoms with Crippen molar-refractivity contribution in [1.29, 1.82) is 5.26 Å². The van der Waals surface area contributed by atoms with Crippen molar-refractivity contribution >= 4 is 23.6 Å². The SMILES string of the molecule is N#Cc1nc(-c2ccco2)oc1N1CCN(C(=O)CSc2ncn(-c3ccccc3)n2)CC1. The van der Waals surface area contributed by atoms with Crippen LogP contribution in [0.5, 0.6) is 0 Å². The Hall–Kier alpha value is -4.04. The van der Waals surface area contributed by atoms with Crippen molar-refractivity contribution < 1.29 is 13.6 Å². The summed E-state index contributed by atoms with van der Waals surface area (Å²) < 4.78 is 12.8. The third-order valence-corrected chi connectivity index (χ3v) is 6.02. The zero-order valence-electron chi connectivity index (χ0n) is 17.5. The van der Waals surface area contributed by atoms with E-state index in [1.807, 2.05) is 35.2 Å². The molecule has 1 aliphatic heterocycles. The topological polar surface area (TPSA) is 117 Å². The van der Waals surface area contributed by atoms with Crippen molar-refractivity contribution in [2.45, 2.75) is 5.16 Å². The summed E-state index contributed by atoms with van der Waals surface area (Å²) in [6, 6.07) is 15.2. The van der Waals surface area contributed by atoms with E-state index in [-0.39, 0.29) is 23.2 Å². The first kappa shape index (κ1) is 20.8. The van der Waals surface area contributed by atoms with E-state index in [0.717, 1.165) is 5.69 Å². The van der Waals surface area contributed by atoms with Gasteiger partial charge in [-0.2, -0.15) is 10.2 Å². The number of furan rings is 1. The summed E-state index contributed by atoms with van der Waals surface area (Å²) in [4.78, 5) is 24.9. The first-order valence-electron chi connectivity index (χ1n) is 10.3. The van der Waals surface area contributed by atoms with Crippen LogP contribution < -0.4 is 4.90 Å². The second kappa shape index (κ2) is 9.22. The largest absolute Gasteiger partial charge is 0.459 e. The molecular formula is C22H19N7O3S. The molecule has 1 aromatic carbocycles. The van der Waals surface area contributed by atoms with Gasteiger partial charge in [0.15, 0.2) is 5.76 Å². The van der Waals surface area contributed by atoms with Crippen molar-refractivity contribution in [3.8, 4) is 23.4 Å².